The van der Waals surface area contributed by atoms with E-state index >= 15 is 0 Å². The van der Waals surface area contributed by atoms with Crippen LogP contribution in [0.1, 0.15) is 35.2 Å². The van der Waals surface area contributed by atoms with Crippen molar-refractivity contribution in [1.82, 2.24) is 0 Å². The number of nitrogens with zero attached hydrogens (tertiary/aromatic N) is 2. The third kappa shape index (κ3) is 2.62. The molecule has 1 aliphatic rings. The highest BCUT2D eigenvalue weighted by Crippen LogP contribution is 2.29. The van der Waals surface area contributed by atoms with E-state index in [1.807, 2.05) is 6.07 Å². The van der Waals surface area contributed by atoms with E-state index in [-0.39, 0.29) is 0 Å². The minimum absolute atomic E-state index is 0.361. The molecule has 1 aliphatic heterocycles. The molecule has 0 aromatic heterocycles. The van der Waals surface area contributed by atoms with E-state index < -0.39 is 5.97 Å². The Labute approximate surface area is 106 Å². The van der Waals surface area contributed by atoms with Crippen molar-refractivity contribution in [3.63, 3.8) is 0 Å². The number of rotatable bonds is 5. The van der Waals surface area contributed by atoms with Crippen molar-refractivity contribution in [2.45, 2.75) is 25.7 Å². The molecule has 18 heavy (non-hydrogen) atoms. The zero-order valence-electron chi connectivity index (χ0n) is 10.2. The molecular weight excluding hydrogens is 228 g/mol. The smallest absolute Gasteiger partial charge is 0.335 e. The van der Waals surface area contributed by atoms with Crippen LogP contribution in [0.4, 0.5) is 5.69 Å². The SMILES string of the molecule is N#CCCCCN1CCc2cc(C(=O)O)ccc21. The van der Waals surface area contributed by atoms with Crippen molar-refractivity contribution < 1.29 is 9.90 Å². The summed E-state index contributed by atoms with van der Waals surface area (Å²) in [5.74, 6) is -0.870. The van der Waals surface area contributed by atoms with Crippen LogP contribution in [0.25, 0.3) is 0 Å². The van der Waals surface area contributed by atoms with Crippen LogP contribution in [0.5, 0.6) is 0 Å². The highest BCUT2D eigenvalue weighted by atomic mass is 16.4. The van der Waals surface area contributed by atoms with Crippen LogP contribution in [0.3, 0.4) is 0 Å². The van der Waals surface area contributed by atoms with Crippen molar-refractivity contribution in [3.8, 4) is 6.07 Å². The number of unbranched alkanes of at least 4 members (excludes halogenated alkanes) is 2. The average molecular weight is 244 g/mol. The minimum Gasteiger partial charge on any atom is -0.478 e. The Kier molecular flexibility index (Phi) is 3.83. The Balaban J connectivity index is 2.01. The van der Waals surface area contributed by atoms with Gasteiger partial charge in [0.2, 0.25) is 0 Å². The standard InChI is InChI=1S/C14H16N2O2/c15-7-2-1-3-8-16-9-6-11-10-12(14(17)18)4-5-13(11)16/h4-5,10H,1-3,6,8-9H2,(H,17,18). The minimum atomic E-state index is -0.870. The molecule has 4 nitrogen and oxygen atoms in total. The monoisotopic (exact) mass is 244 g/mol. The maximum absolute atomic E-state index is 10.9. The van der Waals surface area contributed by atoms with E-state index in [4.69, 9.17) is 10.4 Å². The predicted octanol–water partition coefficient (Wildman–Crippen LogP) is 2.44. The maximum atomic E-state index is 10.9. The largest absolute Gasteiger partial charge is 0.478 e. The third-order valence-corrected chi connectivity index (χ3v) is 3.28. The lowest BCUT2D eigenvalue weighted by molar-refractivity contribution is 0.0697. The summed E-state index contributed by atoms with van der Waals surface area (Å²) in [6.45, 7) is 1.89. The van der Waals surface area contributed by atoms with Gasteiger partial charge in [-0.05, 0) is 43.0 Å². The molecule has 1 aromatic carbocycles. The van der Waals surface area contributed by atoms with Crippen LogP contribution in [0.2, 0.25) is 0 Å². The molecule has 0 fully saturated rings. The van der Waals surface area contributed by atoms with Gasteiger partial charge in [-0.3, -0.25) is 0 Å². The van der Waals surface area contributed by atoms with E-state index in [0.717, 1.165) is 43.6 Å². The first-order valence-electron chi connectivity index (χ1n) is 6.20. The Morgan fingerprint density at radius 2 is 2.28 bits per heavy atom. The molecule has 0 saturated carbocycles. The molecule has 4 heteroatoms. The number of carbonyl (C=O) groups is 1. The average Bonchev–Trinajstić information content (AvgIpc) is 2.77. The summed E-state index contributed by atoms with van der Waals surface area (Å²) < 4.78 is 0. The molecule has 1 heterocycles. The lowest BCUT2D eigenvalue weighted by Crippen LogP contribution is -2.21. The van der Waals surface area contributed by atoms with Gasteiger partial charge < -0.3 is 10.0 Å². The lowest BCUT2D eigenvalue weighted by Gasteiger charge is -2.19. The van der Waals surface area contributed by atoms with E-state index in [9.17, 15) is 4.79 Å². The summed E-state index contributed by atoms with van der Waals surface area (Å²) in [5.41, 5.74) is 2.63. The molecule has 1 aromatic rings. The van der Waals surface area contributed by atoms with Gasteiger partial charge in [0.1, 0.15) is 0 Å². The molecule has 0 atom stereocenters. The molecule has 1 N–H and O–H groups in total. The number of benzene rings is 1. The Morgan fingerprint density at radius 3 is 3.00 bits per heavy atom. The van der Waals surface area contributed by atoms with Gasteiger partial charge >= 0.3 is 5.97 Å². The van der Waals surface area contributed by atoms with Gasteiger partial charge in [-0.1, -0.05) is 0 Å². The number of aromatic carboxylic acids is 1. The van der Waals surface area contributed by atoms with Gasteiger partial charge in [-0.15, -0.1) is 0 Å². The Morgan fingerprint density at radius 1 is 1.44 bits per heavy atom. The highest BCUT2D eigenvalue weighted by Gasteiger charge is 2.19. The number of hydrogen-bond donors (Lipinski definition) is 1. The number of carboxylic acids is 1. The zero-order valence-corrected chi connectivity index (χ0v) is 10.2. The fourth-order valence-electron chi connectivity index (χ4n) is 2.34. The molecule has 0 amide bonds. The topological polar surface area (TPSA) is 64.3 Å². The van der Waals surface area contributed by atoms with Crippen molar-refractivity contribution in [1.29, 1.82) is 5.26 Å². The van der Waals surface area contributed by atoms with Gasteiger partial charge in [0.25, 0.3) is 0 Å². The molecule has 0 saturated heterocycles. The first kappa shape index (κ1) is 12.4. The zero-order chi connectivity index (χ0) is 13.0. The summed E-state index contributed by atoms with van der Waals surface area (Å²) in [5, 5.41) is 17.4. The fraction of sp³-hybridized carbons (Fsp3) is 0.429. The lowest BCUT2D eigenvalue weighted by atomic mass is 10.1. The normalized spacial score (nSPS) is 13.2. The third-order valence-electron chi connectivity index (χ3n) is 3.28. The van der Waals surface area contributed by atoms with Crippen molar-refractivity contribution >= 4 is 11.7 Å². The van der Waals surface area contributed by atoms with Gasteiger partial charge in [-0.25, -0.2) is 4.79 Å². The van der Waals surface area contributed by atoms with Crippen molar-refractivity contribution in [2.75, 3.05) is 18.0 Å². The summed E-state index contributed by atoms with van der Waals surface area (Å²) in [4.78, 5) is 13.2. The second-order valence-corrected chi connectivity index (χ2v) is 4.50. The summed E-state index contributed by atoms with van der Waals surface area (Å²) in [6.07, 6.45) is 3.45. The second kappa shape index (κ2) is 5.54. The molecule has 0 aliphatic carbocycles. The summed E-state index contributed by atoms with van der Waals surface area (Å²) >= 11 is 0. The van der Waals surface area contributed by atoms with Crippen molar-refractivity contribution in [3.05, 3.63) is 29.3 Å². The van der Waals surface area contributed by atoms with Crippen molar-refractivity contribution in [2.24, 2.45) is 0 Å². The molecule has 0 unspecified atom stereocenters. The molecule has 0 spiro atoms. The van der Waals surface area contributed by atoms with Gasteiger partial charge in [-0.2, -0.15) is 5.26 Å². The maximum Gasteiger partial charge on any atom is 0.335 e. The van der Waals surface area contributed by atoms with Crippen LogP contribution >= 0.6 is 0 Å². The summed E-state index contributed by atoms with van der Waals surface area (Å²) in [6, 6.07) is 7.48. The number of nitriles is 1. The van der Waals surface area contributed by atoms with E-state index in [1.54, 1.807) is 12.1 Å². The van der Waals surface area contributed by atoms with E-state index in [1.165, 1.54) is 0 Å². The summed E-state index contributed by atoms with van der Waals surface area (Å²) in [7, 11) is 0. The van der Waals surface area contributed by atoms with Crippen LogP contribution in [-0.2, 0) is 6.42 Å². The van der Waals surface area contributed by atoms with Gasteiger partial charge in [0.15, 0.2) is 0 Å². The second-order valence-electron chi connectivity index (χ2n) is 4.50. The predicted molar refractivity (Wildman–Crippen MR) is 68.8 cm³/mol. The van der Waals surface area contributed by atoms with Crippen LogP contribution < -0.4 is 4.90 Å². The molecular formula is C14H16N2O2. The van der Waals surface area contributed by atoms with Crippen LogP contribution in [-0.4, -0.2) is 24.2 Å². The number of hydrogen-bond acceptors (Lipinski definition) is 3. The quantitative estimate of drug-likeness (QED) is 0.808. The molecule has 0 bridgehead atoms. The molecule has 0 radical (unpaired) electrons. The number of anilines is 1. The molecule has 94 valence electrons. The van der Waals surface area contributed by atoms with Gasteiger partial charge in [0, 0.05) is 25.2 Å². The molecule has 2 rings (SSSR count). The van der Waals surface area contributed by atoms with Crippen LogP contribution in [0, 0.1) is 11.3 Å². The fourth-order valence-corrected chi connectivity index (χ4v) is 2.34. The first-order valence-corrected chi connectivity index (χ1v) is 6.20. The first-order chi connectivity index (χ1) is 8.72. The van der Waals surface area contributed by atoms with E-state index in [2.05, 4.69) is 11.0 Å². The number of carboxylic acid groups (broad SMARTS) is 1. The Bertz CT molecular complexity index is 491. The number of fused-ring (bicyclic) bond motifs is 1. The van der Waals surface area contributed by atoms with Gasteiger partial charge in [0.05, 0.1) is 11.6 Å². The Hall–Kier alpha value is -2.02. The van der Waals surface area contributed by atoms with Crippen LogP contribution in [0.15, 0.2) is 18.2 Å². The highest BCUT2D eigenvalue weighted by molar-refractivity contribution is 5.88. The van der Waals surface area contributed by atoms with E-state index in [0.29, 0.717) is 12.0 Å².